The monoisotopic (exact) mass is 284 g/mol. The number of likely N-dealkylation sites (tertiary alicyclic amines) is 1. The quantitative estimate of drug-likeness (QED) is 0.844. The smallest absolute Gasteiger partial charge is 0.320 e. The van der Waals surface area contributed by atoms with Crippen molar-refractivity contribution < 1.29 is 14.7 Å². The molecule has 0 bridgehead atoms. The van der Waals surface area contributed by atoms with Crippen LogP contribution < -0.4 is 0 Å². The Morgan fingerprint density at radius 2 is 1.65 bits per heavy atom. The minimum absolute atomic E-state index is 0.0762. The SMILES string of the molecule is CC(C)N(CCCC(=O)O)C(=O)N1CCCCCCC1. The number of hydrogen-bond acceptors (Lipinski definition) is 2. The average Bonchev–Trinajstić information content (AvgIpc) is 2.32. The van der Waals surface area contributed by atoms with Gasteiger partial charge in [-0.2, -0.15) is 0 Å². The van der Waals surface area contributed by atoms with Crippen molar-refractivity contribution in [2.75, 3.05) is 19.6 Å². The van der Waals surface area contributed by atoms with Gasteiger partial charge in [0.2, 0.25) is 0 Å². The molecule has 0 unspecified atom stereocenters. The lowest BCUT2D eigenvalue weighted by Crippen LogP contribution is -2.47. The first-order chi connectivity index (χ1) is 9.52. The van der Waals surface area contributed by atoms with E-state index in [4.69, 9.17) is 5.11 Å². The molecule has 0 aromatic rings. The molecule has 1 aliphatic rings. The zero-order chi connectivity index (χ0) is 15.0. The van der Waals surface area contributed by atoms with Crippen molar-refractivity contribution in [3.05, 3.63) is 0 Å². The van der Waals surface area contributed by atoms with Crippen LogP contribution in [0.25, 0.3) is 0 Å². The summed E-state index contributed by atoms with van der Waals surface area (Å²) in [5.41, 5.74) is 0. The highest BCUT2D eigenvalue weighted by Crippen LogP contribution is 2.14. The molecule has 1 fully saturated rings. The molecule has 1 heterocycles. The summed E-state index contributed by atoms with van der Waals surface area (Å²) in [4.78, 5) is 26.9. The average molecular weight is 284 g/mol. The van der Waals surface area contributed by atoms with Crippen molar-refractivity contribution in [1.82, 2.24) is 9.80 Å². The Hall–Kier alpha value is -1.26. The topological polar surface area (TPSA) is 60.9 Å². The number of amides is 2. The van der Waals surface area contributed by atoms with Crippen LogP contribution in [-0.4, -0.2) is 52.6 Å². The number of carbonyl (C=O) groups is 2. The van der Waals surface area contributed by atoms with E-state index >= 15 is 0 Å². The number of aliphatic carboxylic acids is 1. The third-order valence-electron chi connectivity index (χ3n) is 3.79. The van der Waals surface area contributed by atoms with Crippen molar-refractivity contribution in [2.24, 2.45) is 0 Å². The van der Waals surface area contributed by atoms with E-state index in [-0.39, 0.29) is 18.5 Å². The highest BCUT2D eigenvalue weighted by atomic mass is 16.4. The maximum absolute atomic E-state index is 12.6. The standard InChI is InChI=1S/C15H28N2O3/c1-13(2)17(12-8-9-14(18)19)15(20)16-10-6-4-3-5-7-11-16/h13H,3-12H2,1-2H3,(H,18,19). The van der Waals surface area contributed by atoms with Crippen LogP contribution in [0.1, 0.15) is 58.8 Å². The van der Waals surface area contributed by atoms with Crippen LogP contribution in [0.15, 0.2) is 0 Å². The van der Waals surface area contributed by atoms with Gasteiger partial charge < -0.3 is 14.9 Å². The first kappa shape index (κ1) is 16.8. The van der Waals surface area contributed by atoms with E-state index in [1.807, 2.05) is 23.6 Å². The van der Waals surface area contributed by atoms with E-state index < -0.39 is 5.97 Å². The van der Waals surface area contributed by atoms with Gasteiger partial charge in [0.25, 0.3) is 0 Å². The highest BCUT2D eigenvalue weighted by molar-refractivity contribution is 5.75. The predicted molar refractivity (Wildman–Crippen MR) is 78.8 cm³/mol. The van der Waals surface area contributed by atoms with Crippen LogP contribution >= 0.6 is 0 Å². The fraction of sp³-hybridized carbons (Fsp3) is 0.867. The Morgan fingerprint density at radius 3 is 2.15 bits per heavy atom. The van der Waals surface area contributed by atoms with E-state index in [0.29, 0.717) is 13.0 Å². The van der Waals surface area contributed by atoms with Gasteiger partial charge in [-0.15, -0.1) is 0 Å². The molecule has 0 saturated carbocycles. The lowest BCUT2D eigenvalue weighted by molar-refractivity contribution is -0.137. The van der Waals surface area contributed by atoms with Crippen molar-refractivity contribution >= 4 is 12.0 Å². The van der Waals surface area contributed by atoms with Gasteiger partial charge in [-0.3, -0.25) is 4.79 Å². The molecular weight excluding hydrogens is 256 g/mol. The van der Waals surface area contributed by atoms with Crippen LogP contribution in [0.5, 0.6) is 0 Å². The Balaban J connectivity index is 2.54. The molecule has 0 radical (unpaired) electrons. The summed E-state index contributed by atoms with van der Waals surface area (Å²) >= 11 is 0. The van der Waals surface area contributed by atoms with E-state index in [1.165, 1.54) is 19.3 Å². The van der Waals surface area contributed by atoms with Crippen molar-refractivity contribution in [3.8, 4) is 0 Å². The second kappa shape index (κ2) is 8.82. The molecular formula is C15H28N2O3. The van der Waals surface area contributed by atoms with Gasteiger partial charge in [-0.25, -0.2) is 4.79 Å². The molecule has 0 spiro atoms. The van der Waals surface area contributed by atoms with E-state index in [1.54, 1.807) is 0 Å². The number of carboxylic acid groups (broad SMARTS) is 1. The molecule has 0 aromatic carbocycles. The minimum atomic E-state index is -0.799. The summed E-state index contributed by atoms with van der Waals surface area (Å²) in [5.74, 6) is -0.799. The molecule has 1 N–H and O–H groups in total. The summed E-state index contributed by atoms with van der Waals surface area (Å²) in [5, 5.41) is 8.71. The molecule has 116 valence electrons. The van der Waals surface area contributed by atoms with Gasteiger partial charge in [-0.1, -0.05) is 19.3 Å². The molecule has 1 aliphatic heterocycles. The normalized spacial score (nSPS) is 16.6. The summed E-state index contributed by atoms with van der Waals surface area (Å²) in [7, 11) is 0. The van der Waals surface area contributed by atoms with Gasteiger partial charge >= 0.3 is 12.0 Å². The van der Waals surface area contributed by atoms with Crippen molar-refractivity contribution in [3.63, 3.8) is 0 Å². The second-order valence-electron chi connectivity index (χ2n) is 5.82. The largest absolute Gasteiger partial charge is 0.481 e. The molecule has 2 amide bonds. The Labute approximate surface area is 121 Å². The Kier molecular flexibility index (Phi) is 7.41. The molecule has 1 rings (SSSR count). The highest BCUT2D eigenvalue weighted by Gasteiger charge is 2.23. The fourth-order valence-corrected chi connectivity index (χ4v) is 2.60. The van der Waals surface area contributed by atoms with Gasteiger partial charge in [-0.05, 0) is 33.1 Å². The third kappa shape index (κ3) is 5.80. The van der Waals surface area contributed by atoms with Crippen LogP contribution in [0, 0.1) is 0 Å². The Bertz CT molecular complexity index is 310. The van der Waals surface area contributed by atoms with Crippen molar-refractivity contribution in [1.29, 1.82) is 0 Å². The van der Waals surface area contributed by atoms with Crippen LogP contribution in [0.2, 0.25) is 0 Å². The molecule has 1 saturated heterocycles. The number of carbonyl (C=O) groups excluding carboxylic acids is 1. The number of hydrogen-bond donors (Lipinski definition) is 1. The summed E-state index contributed by atoms with van der Waals surface area (Å²) < 4.78 is 0. The molecule has 0 atom stereocenters. The molecule has 0 aliphatic carbocycles. The zero-order valence-corrected chi connectivity index (χ0v) is 12.8. The summed E-state index contributed by atoms with van der Waals surface area (Å²) in [6.45, 7) is 6.17. The molecule has 20 heavy (non-hydrogen) atoms. The van der Waals surface area contributed by atoms with E-state index in [9.17, 15) is 9.59 Å². The Morgan fingerprint density at radius 1 is 1.10 bits per heavy atom. The lowest BCUT2D eigenvalue weighted by atomic mass is 10.1. The lowest BCUT2D eigenvalue weighted by Gasteiger charge is -2.34. The molecule has 5 nitrogen and oxygen atoms in total. The first-order valence-corrected chi connectivity index (χ1v) is 7.79. The summed E-state index contributed by atoms with van der Waals surface area (Å²) in [6, 6.07) is 0.189. The van der Waals surface area contributed by atoms with Crippen molar-refractivity contribution in [2.45, 2.75) is 64.8 Å². The summed E-state index contributed by atoms with van der Waals surface area (Å²) in [6.07, 6.45) is 6.46. The molecule has 0 aromatic heterocycles. The maximum Gasteiger partial charge on any atom is 0.320 e. The van der Waals surface area contributed by atoms with Gasteiger partial charge in [0, 0.05) is 32.1 Å². The zero-order valence-electron chi connectivity index (χ0n) is 12.8. The fourth-order valence-electron chi connectivity index (χ4n) is 2.60. The van der Waals surface area contributed by atoms with Gasteiger partial charge in [0.1, 0.15) is 0 Å². The van der Waals surface area contributed by atoms with Gasteiger partial charge in [0.05, 0.1) is 0 Å². The number of carboxylic acids is 1. The van der Waals surface area contributed by atoms with E-state index in [2.05, 4.69) is 0 Å². The number of nitrogens with zero attached hydrogens (tertiary/aromatic N) is 2. The predicted octanol–water partition coefficient (Wildman–Crippen LogP) is 2.95. The van der Waals surface area contributed by atoms with Crippen LogP contribution in [0.3, 0.4) is 0 Å². The first-order valence-electron chi connectivity index (χ1n) is 7.79. The maximum atomic E-state index is 12.6. The second-order valence-corrected chi connectivity index (χ2v) is 5.82. The minimum Gasteiger partial charge on any atom is -0.481 e. The van der Waals surface area contributed by atoms with Crippen LogP contribution in [0.4, 0.5) is 4.79 Å². The van der Waals surface area contributed by atoms with Crippen LogP contribution in [-0.2, 0) is 4.79 Å². The number of urea groups is 1. The van der Waals surface area contributed by atoms with E-state index in [0.717, 1.165) is 25.9 Å². The van der Waals surface area contributed by atoms with Gasteiger partial charge in [0.15, 0.2) is 0 Å². The molecule has 5 heteroatoms. The number of rotatable bonds is 5. The third-order valence-corrected chi connectivity index (χ3v) is 3.79.